The highest BCUT2D eigenvalue weighted by Crippen LogP contribution is 2.35. The Morgan fingerprint density at radius 3 is 2.50 bits per heavy atom. The van der Waals surface area contributed by atoms with E-state index in [4.69, 9.17) is 27.9 Å². The van der Waals surface area contributed by atoms with Crippen molar-refractivity contribution in [2.75, 3.05) is 24.5 Å². The van der Waals surface area contributed by atoms with E-state index in [1.807, 2.05) is 79.8 Å². The molecule has 1 unspecified atom stereocenters. The number of hydrogen-bond acceptors (Lipinski definition) is 5. The van der Waals surface area contributed by atoms with Gasteiger partial charge in [0.15, 0.2) is 0 Å². The quantitative estimate of drug-likeness (QED) is 0.137. The summed E-state index contributed by atoms with van der Waals surface area (Å²) < 4.78 is 5.53. The number of amides is 3. The minimum absolute atomic E-state index is 0.00164. The van der Waals surface area contributed by atoms with Gasteiger partial charge in [-0.2, -0.15) is 0 Å². The highest BCUT2D eigenvalue weighted by atomic mass is 35.5. The normalized spacial score (nSPS) is 17.7. The molecule has 1 fully saturated rings. The number of ether oxygens (including phenoxy) is 1. The molecule has 48 heavy (non-hydrogen) atoms. The van der Waals surface area contributed by atoms with Crippen LogP contribution in [0.5, 0.6) is 0 Å². The number of benzene rings is 3. The average Bonchev–Trinajstić information content (AvgIpc) is 3.74. The molecule has 1 aliphatic carbocycles. The van der Waals surface area contributed by atoms with Gasteiger partial charge < -0.3 is 25.6 Å². The van der Waals surface area contributed by atoms with Gasteiger partial charge in [-0.1, -0.05) is 114 Å². The van der Waals surface area contributed by atoms with Crippen molar-refractivity contribution in [1.82, 2.24) is 16.0 Å². The zero-order chi connectivity index (χ0) is 34.0. The maximum atomic E-state index is 13.6. The van der Waals surface area contributed by atoms with Gasteiger partial charge in [0.2, 0.25) is 0 Å². The molecule has 250 valence electrons. The van der Waals surface area contributed by atoms with Crippen LogP contribution in [0.1, 0.15) is 52.9 Å². The predicted molar refractivity (Wildman–Crippen MR) is 191 cm³/mol. The van der Waals surface area contributed by atoms with Crippen LogP contribution in [0.25, 0.3) is 0 Å². The Balaban J connectivity index is 1.25. The van der Waals surface area contributed by atoms with Crippen LogP contribution in [0, 0.1) is 5.92 Å². The lowest BCUT2D eigenvalue weighted by Gasteiger charge is -2.22. The standard InChI is InChI=1S/C38H40Cl2N4O4/c1-3-4-6-11-25(2)28-18-19-44(23-28)29-20-31(39)35(32(40)21-29)36(45)42-34(37(46)48-24-26-12-7-5-8-13-26)22-41-38(47)43-33-17-16-27-14-9-10-15-30(27)33/h3-15,20-21,28,33-34H,2,16-19,22-24H2,1H3,(H,42,45)(H2,41,43,47)/b4-3-,11-6-/t28-,33+,34?/m0/s1. The molecule has 0 spiro atoms. The largest absolute Gasteiger partial charge is 0.459 e. The number of nitrogens with one attached hydrogen (secondary N) is 3. The fourth-order valence-corrected chi connectivity index (χ4v) is 6.69. The molecule has 3 N–H and O–H groups in total. The number of carbonyl (C=O) groups is 3. The number of fused-ring (bicyclic) bond motifs is 1. The molecule has 3 aromatic rings. The van der Waals surface area contributed by atoms with Gasteiger partial charge in [0, 0.05) is 24.7 Å². The number of rotatable bonds is 12. The first kappa shape index (κ1) is 34.8. The molecule has 8 nitrogen and oxygen atoms in total. The fourth-order valence-electron chi connectivity index (χ4n) is 6.05. The second-order valence-corrected chi connectivity index (χ2v) is 12.8. The van der Waals surface area contributed by atoms with Gasteiger partial charge in [0.25, 0.3) is 5.91 Å². The van der Waals surface area contributed by atoms with Gasteiger partial charge in [0.05, 0.1) is 28.2 Å². The maximum Gasteiger partial charge on any atom is 0.330 e. The summed E-state index contributed by atoms with van der Waals surface area (Å²) in [4.78, 5) is 41.9. The van der Waals surface area contributed by atoms with Gasteiger partial charge in [-0.3, -0.25) is 4.79 Å². The molecular formula is C38H40Cl2N4O4. The van der Waals surface area contributed by atoms with Crippen molar-refractivity contribution < 1.29 is 19.1 Å². The highest BCUT2D eigenvalue weighted by molar-refractivity contribution is 6.40. The third-order valence-corrected chi connectivity index (χ3v) is 9.26. The number of carbonyl (C=O) groups excluding carboxylic acids is 3. The molecule has 0 bridgehead atoms. The van der Waals surface area contributed by atoms with Gasteiger partial charge in [-0.25, -0.2) is 9.59 Å². The fraction of sp³-hybridized carbons (Fsp3) is 0.289. The first-order valence-electron chi connectivity index (χ1n) is 16.1. The molecule has 0 aromatic heterocycles. The minimum atomic E-state index is -1.21. The molecule has 3 amide bonds. The minimum Gasteiger partial charge on any atom is -0.459 e. The highest BCUT2D eigenvalue weighted by Gasteiger charge is 2.29. The van der Waals surface area contributed by atoms with Crippen LogP contribution in [0.2, 0.25) is 10.0 Å². The smallest absolute Gasteiger partial charge is 0.330 e. The molecule has 2 aliphatic rings. The van der Waals surface area contributed by atoms with Crippen molar-refractivity contribution in [3.05, 3.63) is 135 Å². The van der Waals surface area contributed by atoms with Crippen LogP contribution < -0.4 is 20.9 Å². The third-order valence-electron chi connectivity index (χ3n) is 8.66. The third kappa shape index (κ3) is 8.88. The van der Waals surface area contributed by atoms with Crippen molar-refractivity contribution in [3.63, 3.8) is 0 Å². The van der Waals surface area contributed by atoms with Crippen molar-refractivity contribution in [2.45, 2.75) is 44.9 Å². The van der Waals surface area contributed by atoms with Crippen molar-refractivity contribution >= 4 is 46.8 Å². The van der Waals surface area contributed by atoms with Gasteiger partial charge in [-0.15, -0.1) is 0 Å². The zero-order valence-corrected chi connectivity index (χ0v) is 28.4. The second kappa shape index (κ2) is 16.5. The Hall–Kier alpha value is -4.53. The van der Waals surface area contributed by atoms with Crippen LogP contribution >= 0.6 is 23.2 Å². The lowest BCUT2D eigenvalue weighted by atomic mass is 9.99. The summed E-state index contributed by atoms with van der Waals surface area (Å²) in [6.45, 7) is 7.50. The molecule has 3 atom stereocenters. The lowest BCUT2D eigenvalue weighted by molar-refractivity contribution is -0.147. The topological polar surface area (TPSA) is 99.8 Å². The van der Waals surface area contributed by atoms with Gasteiger partial charge in [0.1, 0.15) is 12.6 Å². The van der Waals surface area contributed by atoms with Crippen molar-refractivity contribution in [2.24, 2.45) is 5.92 Å². The summed E-state index contributed by atoms with van der Waals surface area (Å²) in [7, 11) is 0. The summed E-state index contributed by atoms with van der Waals surface area (Å²) in [6, 6.07) is 18.8. The first-order chi connectivity index (χ1) is 23.2. The number of esters is 1. The van der Waals surface area contributed by atoms with Crippen molar-refractivity contribution in [3.8, 4) is 0 Å². The zero-order valence-electron chi connectivity index (χ0n) is 26.9. The molecule has 1 saturated heterocycles. The van der Waals surface area contributed by atoms with Crippen LogP contribution in [-0.4, -0.2) is 43.6 Å². The van der Waals surface area contributed by atoms with Crippen molar-refractivity contribution in [1.29, 1.82) is 0 Å². The summed E-state index contributed by atoms with van der Waals surface area (Å²) in [5.41, 5.74) is 4.92. The molecule has 0 saturated carbocycles. The maximum absolute atomic E-state index is 13.6. The molecule has 5 rings (SSSR count). The van der Waals surface area contributed by atoms with E-state index in [0.29, 0.717) is 0 Å². The van der Waals surface area contributed by atoms with E-state index in [-0.39, 0.29) is 40.7 Å². The average molecular weight is 688 g/mol. The Labute approximate surface area is 291 Å². The Morgan fingerprint density at radius 1 is 1.02 bits per heavy atom. The number of urea groups is 1. The Morgan fingerprint density at radius 2 is 1.75 bits per heavy atom. The first-order valence-corrected chi connectivity index (χ1v) is 16.8. The summed E-state index contributed by atoms with van der Waals surface area (Å²) in [6.07, 6.45) is 10.5. The number of nitrogens with zero attached hydrogens (tertiary/aromatic N) is 1. The molecule has 3 aromatic carbocycles. The number of halogens is 2. The molecular weight excluding hydrogens is 647 g/mol. The summed E-state index contributed by atoms with van der Waals surface area (Å²) in [5.74, 6) is -1.09. The number of aryl methyl sites for hydroxylation is 1. The lowest BCUT2D eigenvalue weighted by Crippen LogP contribution is -2.51. The predicted octanol–water partition coefficient (Wildman–Crippen LogP) is 7.34. The molecule has 1 heterocycles. The molecule has 0 radical (unpaired) electrons. The Bertz CT molecular complexity index is 1680. The van der Waals surface area contributed by atoms with Crippen LogP contribution in [0.4, 0.5) is 10.5 Å². The second-order valence-electron chi connectivity index (χ2n) is 11.9. The van der Waals surface area contributed by atoms with E-state index in [1.165, 1.54) is 5.56 Å². The number of anilines is 1. The molecule has 1 aliphatic heterocycles. The summed E-state index contributed by atoms with van der Waals surface area (Å²) >= 11 is 13.3. The van der Waals surface area contributed by atoms with Crippen LogP contribution in [-0.2, 0) is 22.6 Å². The van der Waals surface area contributed by atoms with E-state index in [0.717, 1.165) is 54.7 Å². The van der Waals surface area contributed by atoms with Crippen LogP contribution in [0.15, 0.2) is 103 Å². The van der Waals surface area contributed by atoms with Crippen LogP contribution in [0.3, 0.4) is 0 Å². The van der Waals surface area contributed by atoms with Gasteiger partial charge >= 0.3 is 12.0 Å². The monoisotopic (exact) mass is 686 g/mol. The molecule has 10 heteroatoms. The van der Waals surface area contributed by atoms with E-state index in [1.54, 1.807) is 12.1 Å². The number of allylic oxidation sites excluding steroid dienone is 4. The SMILES string of the molecule is C=C(/C=C\C=C/C)[C@H]1CCN(c2cc(Cl)c(C(=O)NC(CNC(=O)N[C@@H]3CCc4ccccc43)C(=O)OCc3ccccc3)c(Cl)c2)C1. The van der Waals surface area contributed by atoms with E-state index in [2.05, 4.69) is 33.5 Å². The van der Waals surface area contributed by atoms with E-state index in [9.17, 15) is 14.4 Å². The Kier molecular flexibility index (Phi) is 12.0. The number of hydrogen-bond donors (Lipinski definition) is 3. The van der Waals surface area contributed by atoms with E-state index >= 15 is 0 Å². The summed E-state index contributed by atoms with van der Waals surface area (Å²) in [5, 5.41) is 8.68. The van der Waals surface area contributed by atoms with E-state index < -0.39 is 23.9 Å². The van der Waals surface area contributed by atoms with Gasteiger partial charge in [-0.05, 0) is 55.0 Å².